The summed E-state index contributed by atoms with van der Waals surface area (Å²) in [5, 5.41) is 3.08. The van der Waals surface area contributed by atoms with Crippen LogP contribution in [-0.2, 0) is 25.6 Å². The van der Waals surface area contributed by atoms with E-state index in [2.05, 4.69) is 12.2 Å². The average Bonchev–Trinajstić information content (AvgIpc) is 3.52. The molecule has 1 fully saturated rings. The number of carbonyl (C=O) groups is 4. The van der Waals surface area contributed by atoms with Crippen molar-refractivity contribution in [3.63, 3.8) is 0 Å². The van der Waals surface area contributed by atoms with Crippen molar-refractivity contribution in [1.29, 1.82) is 0 Å². The van der Waals surface area contributed by atoms with Gasteiger partial charge < -0.3 is 19.5 Å². The first-order valence-electron chi connectivity index (χ1n) is 22.3. The predicted molar refractivity (Wildman–Crippen MR) is 243 cm³/mol. The predicted octanol–water partition coefficient (Wildman–Crippen LogP) is 9.76. The molecule has 4 amide bonds. The number of urea groups is 1. The minimum atomic E-state index is -1.82. The van der Waals surface area contributed by atoms with Gasteiger partial charge in [-0.2, -0.15) is 0 Å². The van der Waals surface area contributed by atoms with Crippen molar-refractivity contribution in [2.24, 2.45) is 0 Å². The summed E-state index contributed by atoms with van der Waals surface area (Å²) in [6.45, 7) is 4.26. The molecule has 63 heavy (non-hydrogen) atoms. The number of amides is 4. The quantitative estimate of drug-likeness (QED) is 0.0364. The molecule has 4 aromatic carbocycles. The van der Waals surface area contributed by atoms with Gasteiger partial charge in [0.15, 0.2) is 6.04 Å². The molecule has 0 bridgehead atoms. The van der Waals surface area contributed by atoms with E-state index in [4.69, 9.17) is 19.2 Å². The Morgan fingerprint density at radius 1 is 0.746 bits per heavy atom. The largest absolute Gasteiger partial charge is 0.495 e. The Kier molecular flexibility index (Phi) is 17.0. The first-order chi connectivity index (χ1) is 30.8. The topological polar surface area (TPSA) is 149 Å². The van der Waals surface area contributed by atoms with Crippen molar-refractivity contribution < 1.29 is 33.4 Å². The molecule has 5 aromatic rings. The minimum Gasteiger partial charge on any atom is -0.495 e. The van der Waals surface area contributed by atoms with Crippen molar-refractivity contribution in [2.45, 2.75) is 110 Å². The standard InChI is InChI=1S/C50H59N5O8/c1-4-6-7-8-9-10-11-12-13-14-15-24-33-63-49(59)37-31-32-42(61-3)41(34-37)52-45(56)43(55-47(58)48(62-5-2)53(50(55)60)35-36-25-18-16-19-26-36)44-51-40-30-23-22-29-39(40)46(57)54(44)38-27-20-17-21-28-38/h16-23,25-32,34,43,48H,4-15,24,33,35H2,1-3H3,(H,52,56). The highest BCUT2D eigenvalue weighted by atomic mass is 16.5. The molecule has 1 aliphatic heterocycles. The molecule has 332 valence electrons. The van der Waals surface area contributed by atoms with Gasteiger partial charge in [-0.25, -0.2) is 19.5 Å². The Morgan fingerprint density at radius 3 is 2.02 bits per heavy atom. The van der Waals surface area contributed by atoms with Crippen LogP contribution in [0.1, 0.15) is 119 Å². The van der Waals surface area contributed by atoms with E-state index in [9.17, 15) is 19.2 Å². The normalized spacial score (nSPS) is 14.3. The van der Waals surface area contributed by atoms with Crippen LogP contribution < -0.4 is 15.6 Å². The van der Waals surface area contributed by atoms with Crippen molar-refractivity contribution in [1.82, 2.24) is 19.4 Å². The molecule has 13 nitrogen and oxygen atoms in total. The van der Waals surface area contributed by atoms with E-state index in [0.29, 0.717) is 5.69 Å². The summed E-state index contributed by atoms with van der Waals surface area (Å²) >= 11 is 0. The number of fused-ring (bicyclic) bond motifs is 1. The number of carbonyl (C=O) groups excluding carboxylic acids is 4. The molecule has 1 aliphatic rings. The van der Waals surface area contributed by atoms with E-state index < -0.39 is 41.6 Å². The molecule has 2 heterocycles. The first kappa shape index (κ1) is 46.2. The second kappa shape index (κ2) is 23.2. The molecule has 1 aromatic heterocycles. The number of ether oxygens (including phenoxy) is 3. The summed E-state index contributed by atoms with van der Waals surface area (Å²) in [4.78, 5) is 79.0. The lowest BCUT2D eigenvalue weighted by Crippen LogP contribution is -2.45. The Balaban J connectivity index is 1.27. The first-order valence-corrected chi connectivity index (χ1v) is 22.3. The third-order valence-corrected chi connectivity index (χ3v) is 11.2. The SMILES string of the molecule is CCCCCCCCCCCCCCOC(=O)c1ccc(OC)c(NC(=O)C(c2nc3ccccc3c(=O)n2-c2ccccc2)N2C(=O)C(OCC)N(Cc3ccccc3)C2=O)c1. The lowest BCUT2D eigenvalue weighted by atomic mass is 10.1. The van der Waals surface area contributed by atoms with Crippen molar-refractivity contribution in [3.05, 3.63) is 130 Å². The smallest absolute Gasteiger partial charge is 0.338 e. The summed E-state index contributed by atoms with van der Waals surface area (Å²) in [5.41, 5.74) is 1.04. The van der Waals surface area contributed by atoms with E-state index in [0.717, 1.165) is 36.1 Å². The van der Waals surface area contributed by atoms with E-state index in [-0.39, 0.29) is 53.5 Å². The molecule has 2 atom stereocenters. The van der Waals surface area contributed by atoms with E-state index in [1.807, 2.05) is 30.3 Å². The number of esters is 1. The third kappa shape index (κ3) is 11.6. The molecular formula is C50H59N5O8. The average molecular weight is 858 g/mol. The fraction of sp³-hybridized carbons (Fsp3) is 0.400. The van der Waals surface area contributed by atoms with Crippen molar-refractivity contribution >= 4 is 40.4 Å². The van der Waals surface area contributed by atoms with Gasteiger partial charge in [0.1, 0.15) is 11.6 Å². The lowest BCUT2D eigenvalue weighted by molar-refractivity contribution is -0.145. The molecule has 1 saturated heterocycles. The molecular weight excluding hydrogens is 799 g/mol. The van der Waals surface area contributed by atoms with Gasteiger partial charge in [0.2, 0.25) is 6.23 Å². The van der Waals surface area contributed by atoms with E-state index in [1.165, 1.54) is 86.1 Å². The monoisotopic (exact) mass is 857 g/mol. The molecule has 0 spiro atoms. The molecule has 0 saturated carbocycles. The number of imide groups is 1. The molecule has 2 unspecified atom stereocenters. The number of anilines is 1. The zero-order valence-corrected chi connectivity index (χ0v) is 36.6. The molecule has 13 heteroatoms. The van der Waals surface area contributed by atoms with Crippen LogP contribution >= 0.6 is 0 Å². The van der Waals surface area contributed by atoms with Crippen LogP contribution in [0.2, 0.25) is 0 Å². The highest BCUT2D eigenvalue weighted by Gasteiger charge is 2.52. The van der Waals surface area contributed by atoms with Crippen LogP contribution in [0.15, 0.2) is 108 Å². The maximum atomic E-state index is 15.1. The van der Waals surface area contributed by atoms with Gasteiger partial charge in [0, 0.05) is 6.61 Å². The number of benzene rings is 4. The Hall–Kier alpha value is -6.34. The highest BCUT2D eigenvalue weighted by molar-refractivity contribution is 6.09. The van der Waals surface area contributed by atoms with Crippen LogP contribution in [0.5, 0.6) is 5.75 Å². The molecule has 0 aliphatic carbocycles. The van der Waals surface area contributed by atoms with Crippen molar-refractivity contribution in [2.75, 3.05) is 25.6 Å². The summed E-state index contributed by atoms with van der Waals surface area (Å²) in [6.07, 6.45) is 12.9. The maximum absolute atomic E-state index is 15.1. The zero-order valence-electron chi connectivity index (χ0n) is 36.6. The summed E-state index contributed by atoms with van der Waals surface area (Å²) in [7, 11) is 1.41. The van der Waals surface area contributed by atoms with Crippen LogP contribution in [0.3, 0.4) is 0 Å². The number of para-hydroxylation sites is 2. The Bertz CT molecular complexity index is 2370. The van der Waals surface area contributed by atoms with E-state index in [1.54, 1.807) is 61.5 Å². The highest BCUT2D eigenvalue weighted by Crippen LogP contribution is 2.34. The van der Waals surface area contributed by atoms with E-state index >= 15 is 4.79 Å². The number of nitrogens with one attached hydrogen (secondary N) is 1. The number of aromatic nitrogens is 2. The molecule has 6 rings (SSSR count). The zero-order chi connectivity index (χ0) is 44.6. The maximum Gasteiger partial charge on any atom is 0.338 e. The Morgan fingerprint density at radius 2 is 1.37 bits per heavy atom. The van der Waals surface area contributed by atoms with Crippen LogP contribution in [0, 0.1) is 0 Å². The van der Waals surface area contributed by atoms with Gasteiger partial charge >= 0.3 is 12.0 Å². The van der Waals surface area contributed by atoms with Gasteiger partial charge in [0.25, 0.3) is 17.4 Å². The minimum absolute atomic E-state index is 0.00517. The van der Waals surface area contributed by atoms with Gasteiger partial charge in [0.05, 0.1) is 48.1 Å². The van der Waals surface area contributed by atoms with Gasteiger partial charge in [-0.3, -0.25) is 23.9 Å². The number of unbranched alkanes of at least 4 members (excludes halogenated alkanes) is 11. The van der Waals surface area contributed by atoms with Gasteiger partial charge in [-0.1, -0.05) is 138 Å². The fourth-order valence-corrected chi connectivity index (χ4v) is 7.91. The lowest BCUT2D eigenvalue weighted by Gasteiger charge is -2.27. The second-order valence-corrected chi connectivity index (χ2v) is 15.7. The number of rotatable bonds is 24. The van der Waals surface area contributed by atoms with Crippen LogP contribution in [-0.4, -0.2) is 69.7 Å². The van der Waals surface area contributed by atoms with Gasteiger partial charge in [-0.15, -0.1) is 0 Å². The number of hydrogen-bond donors (Lipinski definition) is 1. The molecule has 1 N–H and O–H groups in total. The number of hydrogen-bond acceptors (Lipinski definition) is 9. The van der Waals surface area contributed by atoms with Crippen LogP contribution in [0.4, 0.5) is 10.5 Å². The second-order valence-electron chi connectivity index (χ2n) is 15.7. The molecule has 0 radical (unpaired) electrons. The third-order valence-electron chi connectivity index (χ3n) is 11.2. The summed E-state index contributed by atoms with van der Waals surface area (Å²) in [6, 6.07) is 26.1. The van der Waals surface area contributed by atoms with Crippen molar-refractivity contribution in [3.8, 4) is 11.4 Å². The fourth-order valence-electron chi connectivity index (χ4n) is 7.91. The summed E-state index contributed by atoms with van der Waals surface area (Å²) in [5.74, 6) is -2.30. The van der Waals surface area contributed by atoms with Gasteiger partial charge in [-0.05, 0) is 61.4 Å². The Labute approximate surface area is 369 Å². The number of methoxy groups -OCH3 is 1. The number of nitrogens with zero attached hydrogens (tertiary/aromatic N) is 4. The van der Waals surface area contributed by atoms with Crippen LogP contribution in [0.25, 0.3) is 16.6 Å². The summed E-state index contributed by atoms with van der Waals surface area (Å²) < 4.78 is 18.4.